The van der Waals surface area contributed by atoms with E-state index in [4.69, 9.17) is 0 Å². The first kappa shape index (κ1) is 24.4. The van der Waals surface area contributed by atoms with Gasteiger partial charge in [0.15, 0.2) is 0 Å². The van der Waals surface area contributed by atoms with Crippen LogP contribution in [0.25, 0.3) is 0 Å². The highest BCUT2D eigenvalue weighted by Crippen LogP contribution is 2.65. The predicted molar refractivity (Wildman–Crippen MR) is 62.3 cm³/mol. The molecule has 0 bridgehead atoms. The molecule has 0 heterocycles. The van der Waals surface area contributed by atoms with Gasteiger partial charge >= 0.3 is 34.7 Å². The van der Waals surface area contributed by atoms with Crippen LogP contribution < -0.4 is 0 Å². The Labute approximate surface area is 138 Å². The molecule has 0 unspecified atom stereocenters. The Kier molecular flexibility index (Phi) is 7.33. The topological polar surface area (TPSA) is 0 Å². The van der Waals surface area contributed by atoms with Crippen molar-refractivity contribution in [2.45, 2.75) is 34.7 Å². The standard InChI is InChI=1S/C6F14S4/c7-1(3(9,10)11,4(12,13)14)21-23-24-22-2(8,5(15,16)17)6(18,19)20. The van der Waals surface area contributed by atoms with Crippen molar-refractivity contribution in [1.29, 1.82) is 0 Å². The zero-order valence-electron chi connectivity index (χ0n) is 9.92. The molecule has 0 nitrogen and oxygen atoms in total. The van der Waals surface area contributed by atoms with Crippen molar-refractivity contribution in [2.24, 2.45) is 0 Å². The maximum absolute atomic E-state index is 13.0. The SMILES string of the molecule is FC(F)(F)C(F)(SSSSC(F)(C(F)(F)F)C(F)(F)F)C(F)(F)F. The Morgan fingerprint density at radius 3 is 0.625 bits per heavy atom. The quantitative estimate of drug-likeness (QED) is 0.238. The average molecular weight is 466 g/mol. The number of hydrogen-bond acceptors (Lipinski definition) is 4. The van der Waals surface area contributed by atoms with E-state index in [0.29, 0.717) is 0 Å². The molecule has 24 heavy (non-hydrogen) atoms. The second kappa shape index (κ2) is 7.21. The Hall–Kier alpha value is 0.420. The Morgan fingerprint density at radius 2 is 0.500 bits per heavy atom. The van der Waals surface area contributed by atoms with Crippen molar-refractivity contribution >= 4 is 41.2 Å². The highest BCUT2D eigenvalue weighted by molar-refractivity contribution is 9.26. The summed E-state index contributed by atoms with van der Waals surface area (Å²) in [5, 5.41) is -12.0. The molecule has 0 rings (SSSR count). The molecule has 0 aromatic carbocycles. The first-order valence-corrected chi connectivity index (χ1v) is 9.37. The highest BCUT2D eigenvalue weighted by atomic mass is 33.7. The first-order chi connectivity index (χ1) is 10.2. The van der Waals surface area contributed by atoms with Crippen LogP contribution in [0, 0.1) is 0 Å². The van der Waals surface area contributed by atoms with Gasteiger partial charge < -0.3 is 0 Å². The zero-order valence-corrected chi connectivity index (χ0v) is 13.2. The Balaban J connectivity index is 5.11. The highest BCUT2D eigenvalue weighted by Gasteiger charge is 2.75. The summed E-state index contributed by atoms with van der Waals surface area (Å²) in [6, 6.07) is 0. The molecular weight excluding hydrogens is 466 g/mol. The fourth-order valence-corrected chi connectivity index (χ4v) is 6.80. The van der Waals surface area contributed by atoms with Crippen molar-refractivity contribution < 1.29 is 61.5 Å². The molecule has 18 heteroatoms. The molecule has 0 aromatic heterocycles. The van der Waals surface area contributed by atoms with Crippen LogP contribution in [0.1, 0.15) is 0 Å². The maximum Gasteiger partial charge on any atom is 0.442 e. The number of rotatable bonds is 5. The summed E-state index contributed by atoms with van der Waals surface area (Å²) in [5.74, 6) is 0. The van der Waals surface area contributed by atoms with Gasteiger partial charge in [0, 0.05) is 0 Å². The van der Waals surface area contributed by atoms with Crippen LogP contribution in [0.15, 0.2) is 0 Å². The van der Waals surface area contributed by atoms with E-state index in [-0.39, 0.29) is 0 Å². The van der Waals surface area contributed by atoms with E-state index in [2.05, 4.69) is 0 Å². The third-order valence-corrected chi connectivity index (χ3v) is 8.54. The van der Waals surface area contributed by atoms with Crippen LogP contribution >= 0.6 is 41.2 Å². The van der Waals surface area contributed by atoms with E-state index >= 15 is 0 Å². The second-order valence-electron chi connectivity index (χ2n) is 3.48. The van der Waals surface area contributed by atoms with Crippen molar-refractivity contribution in [3.8, 4) is 0 Å². The Morgan fingerprint density at radius 1 is 0.333 bits per heavy atom. The molecule has 0 amide bonds. The van der Waals surface area contributed by atoms with Gasteiger partial charge in [-0.3, -0.25) is 0 Å². The molecule has 0 aliphatic heterocycles. The fraction of sp³-hybridized carbons (Fsp3) is 1.00. The van der Waals surface area contributed by atoms with Gasteiger partial charge in [-0.15, -0.1) is 0 Å². The predicted octanol–water partition coefficient (Wildman–Crippen LogP) is 7.25. The van der Waals surface area contributed by atoms with Crippen LogP contribution in [0.2, 0.25) is 0 Å². The van der Waals surface area contributed by atoms with Crippen molar-refractivity contribution in [1.82, 2.24) is 0 Å². The summed E-state index contributed by atoms with van der Waals surface area (Å²) < 4.78 is 171. The molecule has 0 fully saturated rings. The lowest BCUT2D eigenvalue weighted by molar-refractivity contribution is -0.303. The van der Waals surface area contributed by atoms with Crippen molar-refractivity contribution in [2.75, 3.05) is 0 Å². The van der Waals surface area contributed by atoms with E-state index < -0.39 is 75.9 Å². The summed E-state index contributed by atoms with van der Waals surface area (Å²) in [4.78, 5) is 0. The third kappa shape index (κ3) is 4.99. The van der Waals surface area contributed by atoms with Crippen LogP contribution in [0.4, 0.5) is 61.5 Å². The minimum absolute atomic E-state index is 1.09. The van der Waals surface area contributed by atoms with Gasteiger partial charge in [0.05, 0.1) is 0 Å². The number of alkyl halides is 14. The smallest absolute Gasteiger partial charge is 0.210 e. The third-order valence-electron chi connectivity index (χ3n) is 1.78. The van der Waals surface area contributed by atoms with E-state index in [1.165, 1.54) is 0 Å². The largest absolute Gasteiger partial charge is 0.442 e. The number of hydrogen-bond donors (Lipinski definition) is 0. The summed E-state index contributed by atoms with van der Waals surface area (Å²) >= 11 is 0. The van der Waals surface area contributed by atoms with E-state index in [9.17, 15) is 61.5 Å². The molecule has 0 atom stereocenters. The van der Waals surface area contributed by atoms with Gasteiger partial charge in [-0.1, -0.05) is 0 Å². The first-order valence-electron chi connectivity index (χ1n) is 4.55. The lowest BCUT2D eigenvalue weighted by Crippen LogP contribution is -2.50. The van der Waals surface area contributed by atoms with Crippen molar-refractivity contribution in [3.63, 3.8) is 0 Å². The van der Waals surface area contributed by atoms with E-state index in [0.717, 1.165) is 0 Å². The van der Waals surface area contributed by atoms with Gasteiger partial charge in [0.1, 0.15) is 0 Å². The molecule has 0 saturated heterocycles. The van der Waals surface area contributed by atoms with Crippen molar-refractivity contribution in [3.05, 3.63) is 0 Å². The molecule has 0 radical (unpaired) electrons. The molecule has 0 aliphatic carbocycles. The number of halogens is 14. The van der Waals surface area contributed by atoms with Gasteiger partial charge in [-0.05, 0) is 41.2 Å². The summed E-state index contributed by atoms with van der Waals surface area (Å²) in [6.07, 6.45) is -26.3. The van der Waals surface area contributed by atoms with Crippen LogP contribution in [0.5, 0.6) is 0 Å². The average Bonchev–Trinajstić information content (AvgIpc) is 2.28. The molecule has 146 valence electrons. The fourth-order valence-electron chi connectivity index (χ4n) is 0.632. The molecule has 0 aliphatic rings. The summed E-state index contributed by atoms with van der Waals surface area (Å²) in [5.41, 5.74) is 0. The lowest BCUT2D eigenvalue weighted by atomic mass is 10.3. The maximum atomic E-state index is 13.0. The van der Waals surface area contributed by atoms with E-state index in [1.54, 1.807) is 0 Å². The summed E-state index contributed by atoms with van der Waals surface area (Å²) in [7, 11) is -5.69. The molecule has 0 spiro atoms. The van der Waals surface area contributed by atoms with Gasteiger partial charge in [-0.25, -0.2) is 8.78 Å². The van der Waals surface area contributed by atoms with Gasteiger partial charge in [0.25, 0.3) is 0 Å². The molecular formula is C6F14S4. The van der Waals surface area contributed by atoms with Gasteiger partial charge in [-0.2, -0.15) is 52.7 Å². The van der Waals surface area contributed by atoms with Crippen LogP contribution in [-0.4, -0.2) is 34.7 Å². The van der Waals surface area contributed by atoms with Gasteiger partial charge in [0.2, 0.25) is 0 Å². The summed E-state index contributed by atoms with van der Waals surface area (Å²) in [6.45, 7) is 0. The van der Waals surface area contributed by atoms with Crippen LogP contribution in [-0.2, 0) is 0 Å². The van der Waals surface area contributed by atoms with Crippen LogP contribution in [0.3, 0.4) is 0 Å². The second-order valence-corrected chi connectivity index (χ2v) is 9.48. The molecule has 0 aromatic rings. The lowest BCUT2D eigenvalue weighted by Gasteiger charge is -2.29. The minimum atomic E-state index is -6.57. The van der Waals surface area contributed by atoms with E-state index in [1.807, 2.05) is 0 Å². The normalized spacial score (nSPS) is 15.8. The molecule has 0 saturated carbocycles. The molecule has 0 N–H and O–H groups in total. The monoisotopic (exact) mass is 466 g/mol. The zero-order chi connectivity index (χ0) is 19.8. The minimum Gasteiger partial charge on any atom is -0.210 e. The Bertz CT molecular complexity index is 349.